The number of rotatable bonds is 4. The molecule has 0 rings (SSSR count). The molecule has 0 saturated heterocycles. The fourth-order valence-electron chi connectivity index (χ4n) is 0.777. The van der Waals surface area contributed by atoms with Crippen molar-refractivity contribution in [3.05, 3.63) is 0 Å². The number of hydrogen-bond acceptors (Lipinski definition) is 4. The van der Waals surface area contributed by atoms with E-state index in [-0.39, 0.29) is 10.1 Å². The van der Waals surface area contributed by atoms with Gasteiger partial charge in [-0.2, -0.15) is 0 Å². The van der Waals surface area contributed by atoms with Crippen LogP contribution < -0.4 is 0 Å². The van der Waals surface area contributed by atoms with E-state index in [0.29, 0.717) is 0 Å². The van der Waals surface area contributed by atoms with Gasteiger partial charge in [-0.3, -0.25) is 0 Å². The maximum atomic E-state index is 12.3. The van der Waals surface area contributed by atoms with Crippen molar-refractivity contribution < 1.29 is 28.2 Å². The first kappa shape index (κ1) is 19.5. The van der Waals surface area contributed by atoms with Crippen molar-refractivity contribution in [3.63, 3.8) is 0 Å². The summed E-state index contributed by atoms with van der Waals surface area (Å²) in [5, 5.41) is -0.303. The van der Waals surface area contributed by atoms with Crippen LogP contribution in [0.25, 0.3) is 0 Å². The minimum atomic E-state index is -4.77. The molecule has 0 aromatic carbocycles. The van der Waals surface area contributed by atoms with Gasteiger partial charge in [-0.15, -0.1) is 0 Å². The molecule has 0 heterocycles. The predicted octanol–water partition coefficient (Wildman–Crippen LogP) is 4.70. The van der Waals surface area contributed by atoms with Crippen LogP contribution in [0.4, 0.5) is 0 Å². The average molecular weight is 347 g/mol. The van der Waals surface area contributed by atoms with E-state index in [4.69, 9.17) is 6.96 Å². The van der Waals surface area contributed by atoms with Crippen molar-refractivity contribution in [2.45, 2.75) is 77.8 Å². The third-order valence-corrected chi connectivity index (χ3v) is 18.5. The Labute approximate surface area is 122 Å². The molecule has 0 atom stereocenters. The first-order chi connectivity index (χ1) is 7.91. The second-order valence-electron chi connectivity index (χ2n) is 8.10. The van der Waals surface area contributed by atoms with Crippen LogP contribution in [0.1, 0.15) is 41.5 Å². The molecule has 0 amide bonds. The summed E-state index contributed by atoms with van der Waals surface area (Å²) in [6, 6.07) is 0. The van der Waals surface area contributed by atoms with Crippen molar-refractivity contribution in [2.24, 2.45) is 0 Å². The fraction of sp³-hybridized carbons (Fsp3) is 1.00. The summed E-state index contributed by atoms with van der Waals surface area (Å²) in [5.41, 5.74) is 0. The van der Waals surface area contributed by atoms with Gasteiger partial charge in [-0.1, -0.05) is 0 Å². The molecule has 0 aliphatic heterocycles. The monoisotopic (exact) mass is 346 g/mol. The van der Waals surface area contributed by atoms with Gasteiger partial charge in [0.2, 0.25) is 0 Å². The zero-order chi connectivity index (χ0) is 15.9. The molecule has 19 heavy (non-hydrogen) atoms. The van der Waals surface area contributed by atoms with Crippen LogP contribution in [0.5, 0.6) is 0 Å². The Hall–Kier alpha value is 0.486. The van der Waals surface area contributed by atoms with E-state index in [1.54, 1.807) is 0 Å². The summed E-state index contributed by atoms with van der Waals surface area (Å²) in [4.78, 5) is 0. The predicted molar refractivity (Wildman–Crippen MR) is 77.9 cm³/mol. The first-order valence-corrected chi connectivity index (χ1v) is 14.5. The molecule has 116 valence electrons. The second kappa shape index (κ2) is 5.36. The molecule has 0 N–H and O–H groups in total. The van der Waals surface area contributed by atoms with E-state index in [9.17, 15) is 7.61 Å². The minimum absolute atomic E-state index is 0.152. The number of hydrogen-bond donors (Lipinski definition) is 0. The molecule has 4 nitrogen and oxygen atoms in total. The summed E-state index contributed by atoms with van der Waals surface area (Å²) < 4.78 is 35.5. The Morgan fingerprint density at radius 2 is 0.895 bits per heavy atom. The molecule has 0 unspecified atom stereocenters. The molecule has 0 bridgehead atoms. The molecular formula is C12H30CrO4Si2. The van der Waals surface area contributed by atoms with Crippen LogP contribution in [0, 0.1) is 0 Å². The van der Waals surface area contributed by atoms with Gasteiger partial charge in [0, 0.05) is 0 Å². The van der Waals surface area contributed by atoms with E-state index >= 15 is 0 Å². The fourth-order valence-corrected chi connectivity index (χ4v) is 10.0. The second-order valence-corrected chi connectivity index (χ2v) is 20.3. The van der Waals surface area contributed by atoms with E-state index in [1.165, 1.54) is 0 Å². The van der Waals surface area contributed by atoms with Gasteiger partial charge >= 0.3 is 123 Å². The van der Waals surface area contributed by atoms with Gasteiger partial charge in [0.15, 0.2) is 0 Å². The van der Waals surface area contributed by atoms with Crippen LogP contribution in [-0.4, -0.2) is 16.6 Å². The first-order valence-electron chi connectivity index (χ1n) is 6.57. The molecule has 0 aromatic rings. The van der Waals surface area contributed by atoms with E-state index in [0.717, 1.165) is 0 Å². The summed E-state index contributed by atoms with van der Waals surface area (Å²) >= 11 is -4.77. The summed E-state index contributed by atoms with van der Waals surface area (Å²) in [6.45, 7) is 19.8. The molecule has 0 fully saturated rings. The third kappa shape index (κ3) is 5.41. The summed E-state index contributed by atoms with van der Waals surface area (Å²) in [5.74, 6) is 0. The van der Waals surface area contributed by atoms with E-state index in [2.05, 4.69) is 0 Å². The van der Waals surface area contributed by atoms with E-state index < -0.39 is 30.2 Å². The molecule has 0 radical (unpaired) electrons. The van der Waals surface area contributed by atoms with Gasteiger partial charge in [0.1, 0.15) is 0 Å². The molecule has 0 saturated carbocycles. The summed E-state index contributed by atoms with van der Waals surface area (Å²) in [7, 11) is -4.72. The van der Waals surface area contributed by atoms with Gasteiger partial charge in [-0.25, -0.2) is 0 Å². The van der Waals surface area contributed by atoms with Crippen molar-refractivity contribution >= 4 is 16.6 Å². The van der Waals surface area contributed by atoms with Gasteiger partial charge < -0.3 is 0 Å². The third-order valence-electron chi connectivity index (χ3n) is 4.23. The average Bonchev–Trinajstić information content (AvgIpc) is 1.93. The van der Waals surface area contributed by atoms with Crippen LogP contribution in [0.15, 0.2) is 0 Å². The van der Waals surface area contributed by atoms with Gasteiger partial charge in [-0.05, 0) is 0 Å². The zero-order valence-corrected chi connectivity index (χ0v) is 17.3. The Balaban J connectivity index is 5.16. The van der Waals surface area contributed by atoms with Crippen LogP contribution in [0.3, 0.4) is 0 Å². The Bertz CT molecular complexity index is 380. The van der Waals surface area contributed by atoms with E-state index in [1.807, 2.05) is 67.7 Å². The molecule has 7 heteroatoms. The Morgan fingerprint density at radius 1 is 0.684 bits per heavy atom. The summed E-state index contributed by atoms with van der Waals surface area (Å²) in [6.07, 6.45) is 0. The molecule has 0 spiro atoms. The van der Waals surface area contributed by atoms with Crippen LogP contribution in [-0.2, 0) is 28.2 Å². The molecule has 0 aromatic heterocycles. The van der Waals surface area contributed by atoms with Crippen LogP contribution >= 0.6 is 0 Å². The Morgan fingerprint density at radius 3 is 1.05 bits per heavy atom. The molecule has 0 aliphatic carbocycles. The SMILES string of the molecule is CC(C)(C)[Si](C)(C)[O][Cr](=[O])(=[O])[O][Si](C)(C)C(C)(C)C. The molecule has 0 aliphatic rings. The standard InChI is InChI=1S/2C6H15OSi.Cr.2O/c2*1-6(2,3)8(4,5)7;;;/h2*1-5H3;;;/q2*-1;+2;;. The maximum absolute atomic E-state index is 12.3. The Kier molecular flexibility index (Phi) is 5.49. The zero-order valence-electron chi connectivity index (χ0n) is 14.0. The van der Waals surface area contributed by atoms with Crippen molar-refractivity contribution in [2.75, 3.05) is 0 Å². The quantitative estimate of drug-likeness (QED) is 0.692. The van der Waals surface area contributed by atoms with Gasteiger partial charge in [0.05, 0.1) is 0 Å². The molecular weight excluding hydrogens is 316 g/mol. The topological polar surface area (TPSA) is 52.6 Å². The van der Waals surface area contributed by atoms with Crippen molar-refractivity contribution in [1.82, 2.24) is 0 Å². The van der Waals surface area contributed by atoms with Crippen molar-refractivity contribution in [3.8, 4) is 0 Å². The normalized spacial score (nSPS) is 15.7. The van der Waals surface area contributed by atoms with Crippen molar-refractivity contribution in [1.29, 1.82) is 0 Å². The van der Waals surface area contributed by atoms with Gasteiger partial charge in [0.25, 0.3) is 0 Å². The van der Waals surface area contributed by atoms with Crippen LogP contribution in [0.2, 0.25) is 36.3 Å².